The number of aromatic nitrogens is 2. The highest BCUT2D eigenvalue weighted by atomic mass is 79.9. The zero-order valence-electron chi connectivity index (χ0n) is 10.6. The molecule has 0 radical (unpaired) electrons. The van der Waals surface area contributed by atoms with Crippen LogP contribution in [0.4, 0.5) is 5.95 Å². The van der Waals surface area contributed by atoms with Gasteiger partial charge in [-0.25, -0.2) is 9.97 Å². The number of aryl methyl sites for hydroxylation is 1. The average molecular weight is 357 g/mol. The molecule has 0 saturated heterocycles. The number of nitrogens with two attached hydrogens (primary N) is 1. The summed E-state index contributed by atoms with van der Waals surface area (Å²) in [5.41, 5.74) is 8.30. The van der Waals surface area contributed by atoms with E-state index in [1.165, 1.54) is 5.56 Å². The van der Waals surface area contributed by atoms with E-state index < -0.39 is 0 Å². The third-order valence-corrected chi connectivity index (χ3v) is 4.24. The molecule has 2 aromatic heterocycles. The molecule has 0 atom stereocenters. The van der Waals surface area contributed by atoms with Crippen LogP contribution in [0.5, 0.6) is 0 Å². The maximum Gasteiger partial charge on any atom is 0.226 e. The van der Waals surface area contributed by atoms with E-state index in [2.05, 4.69) is 37.3 Å². The second kappa shape index (κ2) is 5.94. The Hall–Kier alpha value is -1.05. The monoisotopic (exact) mass is 356 g/mol. The van der Waals surface area contributed by atoms with Crippen LogP contribution in [0.25, 0.3) is 0 Å². The van der Waals surface area contributed by atoms with Gasteiger partial charge in [0.05, 0.1) is 3.79 Å². The van der Waals surface area contributed by atoms with Crippen LogP contribution in [0.15, 0.2) is 21.3 Å². The molecule has 4 nitrogen and oxygen atoms in total. The van der Waals surface area contributed by atoms with Gasteiger partial charge in [-0.05, 0) is 45.9 Å². The zero-order valence-corrected chi connectivity index (χ0v) is 13.8. The molecule has 19 heavy (non-hydrogen) atoms. The van der Waals surface area contributed by atoms with E-state index in [1.807, 2.05) is 18.9 Å². The standard InChI is InChI=1S/C12H13BrN4S2/c1-7-3-9(11(14)18)16-12(15-7)17(2)5-8-4-10(13)19-6-8/h3-4,6H,5H2,1-2H3,(H2,14,18). The van der Waals surface area contributed by atoms with Crippen LogP contribution in [-0.2, 0) is 6.54 Å². The first-order valence-corrected chi connectivity index (χ1v) is 7.63. The highest BCUT2D eigenvalue weighted by Crippen LogP contribution is 2.22. The number of rotatable bonds is 4. The molecule has 0 aliphatic heterocycles. The molecule has 2 rings (SSSR count). The van der Waals surface area contributed by atoms with Gasteiger partial charge in [0.1, 0.15) is 10.7 Å². The minimum Gasteiger partial charge on any atom is -0.388 e. The van der Waals surface area contributed by atoms with Gasteiger partial charge in [-0.3, -0.25) is 0 Å². The summed E-state index contributed by atoms with van der Waals surface area (Å²) >= 11 is 10.1. The number of hydrogen-bond donors (Lipinski definition) is 1. The van der Waals surface area contributed by atoms with Crippen molar-refractivity contribution in [1.82, 2.24) is 9.97 Å². The Morgan fingerprint density at radius 3 is 2.79 bits per heavy atom. The minimum atomic E-state index is 0.290. The predicted octanol–water partition coefficient (Wildman–Crippen LogP) is 2.88. The first-order chi connectivity index (χ1) is 8.95. The van der Waals surface area contributed by atoms with Crippen molar-refractivity contribution in [3.8, 4) is 0 Å². The lowest BCUT2D eigenvalue weighted by atomic mass is 10.3. The predicted molar refractivity (Wildman–Crippen MR) is 86.8 cm³/mol. The van der Waals surface area contributed by atoms with E-state index in [9.17, 15) is 0 Å². The summed E-state index contributed by atoms with van der Waals surface area (Å²) in [6.07, 6.45) is 0. The molecule has 2 heterocycles. The van der Waals surface area contributed by atoms with Crippen molar-refractivity contribution in [2.75, 3.05) is 11.9 Å². The maximum atomic E-state index is 5.63. The number of halogens is 1. The summed E-state index contributed by atoms with van der Waals surface area (Å²) < 4.78 is 1.12. The van der Waals surface area contributed by atoms with Crippen LogP contribution in [0.3, 0.4) is 0 Å². The fourth-order valence-corrected chi connectivity index (χ4v) is 2.93. The molecule has 100 valence electrons. The van der Waals surface area contributed by atoms with Crippen LogP contribution in [0, 0.1) is 6.92 Å². The van der Waals surface area contributed by atoms with Crippen LogP contribution in [0.1, 0.15) is 17.0 Å². The van der Waals surface area contributed by atoms with E-state index in [4.69, 9.17) is 18.0 Å². The van der Waals surface area contributed by atoms with Crippen molar-refractivity contribution in [3.63, 3.8) is 0 Å². The van der Waals surface area contributed by atoms with Crippen molar-refractivity contribution in [1.29, 1.82) is 0 Å². The first-order valence-electron chi connectivity index (χ1n) is 5.55. The molecule has 0 spiro atoms. The third-order valence-electron chi connectivity index (χ3n) is 2.48. The molecule has 0 unspecified atom stereocenters. The number of thiophene rings is 1. The van der Waals surface area contributed by atoms with E-state index in [0.717, 1.165) is 16.0 Å². The zero-order chi connectivity index (χ0) is 14.0. The molecule has 0 aliphatic carbocycles. The molecule has 2 N–H and O–H groups in total. The highest BCUT2D eigenvalue weighted by molar-refractivity contribution is 9.11. The van der Waals surface area contributed by atoms with Crippen molar-refractivity contribution >= 4 is 50.4 Å². The average Bonchev–Trinajstić information content (AvgIpc) is 2.73. The summed E-state index contributed by atoms with van der Waals surface area (Å²) in [5, 5.41) is 2.10. The molecule has 7 heteroatoms. The lowest BCUT2D eigenvalue weighted by Crippen LogP contribution is -2.21. The van der Waals surface area contributed by atoms with Crippen molar-refractivity contribution in [3.05, 3.63) is 38.3 Å². The molecule has 0 fully saturated rings. The van der Waals surface area contributed by atoms with Gasteiger partial charge in [-0.15, -0.1) is 11.3 Å². The topological polar surface area (TPSA) is 55.0 Å². The Balaban J connectivity index is 2.23. The SMILES string of the molecule is Cc1cc(C(N)=S)nc(N(C)Cc2csc(Br)c2)n1. The van der Waals surface area contributed by atoms with E-state index >= 15 is 0 Å². The van der Waals surface area contributed by atoms with Gasteiger partial charge < -0.3 is 10.6 Å². The number of anilines is 1. The van der Waals surface area contributed by atoms with Gasteiger partial charge in [0.25, 0.3) is 0 Å². The Labute approximate surface area is 129 Å². The van der Waals surface area contributed by atoms with Crippen LogP contribution < -0.4 is 10.6 Å². The highest BCUT2D eigenvalue weighted by Gasteiger charge is 2.10. The van der Waals surface area contributed by atoms with Crippen molar-refractivity contribution < 1.29 is 0 Å². The van der Waals surface area contributed by atoms with E-state index in [-0.39, 0.29) is 0 Å². The Kier molecular flexibility index (Phi) is 4.49. The van der Waals surface area contributed by atoms with E-state index in [1.54, 1.807) is 17.4 Å². The molecule has 2 aromatic rings. The lowest BCUT2D eigenvalue weighted by molar-refractivity contribution is 0.860. The lowest BCUT2D eigenvalue weighted by Gasteiger charge is -2.17. The summed E-state index contributed by atoms with van der Waals surface area (Å²) in [7, 11) is 1.95. The van der Waals surface area contributed by atoms with Gasteiger partial charge in [0.15, 0.2) is 0 Å². The van der Waals surface area contributed by atoms with Gasteiger partial charge in [-0.2, -0.15) is 0 Å². The largest absolute Gasteiger partial charge is 0.388 e. The van der Waals surface area contributed by atoms with Crippen LogP contribution in [-0.4, -0.2) is 22.0 Å². The summed E-state index contributed by atoms with van der Waals surface area (Å²) in [6.45, 7) is 2.64. The Morgan fingerprint density at radius 1 is 1.47 bits per heavy atom. The fourth-order valence-electron chi connectivity index (χ4n) is 1.62. The van der Waals surface area contributed by atoms with E-state index in [0.29, 0.717) is 16.6 Å². The minimum absolute atomic E-state index is 0.290. The second-order valence-electron chi connectivity index (χ2n) is 4.17. The number of nitrogens with zero attached hydrogens (tertiary/aromatic N) is 3. The summed E-state index contributed by atoms with van der Waals surface area (Å²) in [6, 6.07) is 3.88. The molecular formula is C12H13BrN4S2. The molecular weight excluding hydrogens is 344 g/mol. The quantitative estimate of drug-likeness (QED) is 0.853. The molecule has 0 aromatic carbocycles. The second-order valence-corrected chi connectivity index (χ2v) is 6.90. The third kappa shape index (κ3) is 3.71. The van der Waals surface area contributed by atoms with Crippen LogP contribution >= 0.6 is 39.5 Å². The maximum absolute atomic E-state index is 5.63. The molecule has 0 amide bonds. The molecule has 0 saturated carbocycles. The smallest absolute Gasteiger partial charge is 0.226 e. The fraction of sp³-hybridized carbons (Fsp3) is 0.250. The summed E-state index contributed by atoms with van der Waals surface area (Å²) in [5.74, 6) is 0.630. The van der Waals surface area contributed by atoms with Gasteiger partial charge in [0, 0.05) is 19.3 Å². The normalized spacial score (nSPS) is 10.5. The van der Waals surface area contributed by atoms with Gasteiger partial charge in [0.2, 0.25) is 5.95 Å². The van der Waals surface area contributed by atoms with Gasteiger partial charge in [-0.1, -0.05) is 12.2 Å². The summed E-state index contributed by atoms with van der Waals surface area (Å²) in [4.78, 5) is 11.1. The number of hydrogen-bond acceptors (Lipinski definition) is 5. The van der Waals surface area contributed by atoms with Crippen molar-refractivity contribution in [2.24, 2.45) is 5.73 Å². The van der Waals surface area contributed by atoms with Crippen LogP contribution in [0.2, 0.25) is 0 Å². The Bertz CT molecular complexity index is 612. The molecule has 0 aliphatic rings. The first kappa shape index (κ1) is 14.4. The molecule has 0 bridgehead atoms. The van der Waals surface area contributed by atoms with Crippen molar-refractivity contribution in [2.45, 2.75) is 13.5 Å². The Morgan fingerprint density at radius 2 is 2.21 bits per heavy atom. The number of thiocarbonyl (C=S) groups is 1. The van der Waals surface area contributed by atoms with Gasteiger partial charge >= 0.3 is 0 Å².